The van der Waals surface area contributed by atoms with Gasteiger partial charge >= 0.3 is 12.3 Å². The Morgan fingerprint density at radius 2 is 1.66 bits per heavy atom. The highest BCUT2D eigenvalue weighted by Gasteiger charge is 2.39. The second-order valence-corrected chi connectivity index (χ2v) is 12.1. The lowest BCUT2D eigenvalue weighted by atomic mass is 9.91. The largest absolute Gasteiger partial charge is 0.489 e. The van der Waals surface area contributed by atoms with E-state index in [1.165, 1.54) is 35.1 Å². The van der Waals surface area contributed by atoms with Gasteiger partial charge < -0.3 is 14.0 Å². The van der Waals surface area contributed by atoms with Gasteiger partial charge in [0.25, 0.3) is 0 Å². The average Bonchev–Trinajstić information content (AvgIpc) is 3.73. The predicted octanol–water partition coefficient (Wildman–Crippen LogP) is 8.54. The Hall–Kier alpha value is -5.03. The monoisotopic (exact) mass is 658 g/mol. The molecule has 0 saturated carbocycles. The van der Waals surface area contributed by atoms with E-state index in [1.54, 1.807) is 18.2 Å². The number of imide groups is 1. The fraction of sp³-hybridized carbons (Fsp3) is 0.194. The van der Waals surface area contributed by atoms with E-state index in [4.69, 9.17) is 14.0 Å². The number of carbonyl (C=O) groups excluding carboxylic acids is 2. The molecule has 2 unspecified atom stereocenters. The van der Waals surface area contributed by atoms with Crippen LogP contribution >= 0.6 is 11.8 Å². The quantitative estimate of drug-likeness (QED) is 0.141. The van der Waals surface area contributed by atoms with Crippen molar-refractivity contribution in [1.82, 2.24) is 10.1 Å². The normalized spacial score (nSPS) is 15.3. The van der Waals surface area contributed by atoms with E-state index in [1.807, 2.05) is 66.7 Å². The third-order valence-corrected chi connectivity index (χ3v) is 8.74. The molecule has 0 radical (unpaired) electrons. The molecule has 6 rings (SSSR count). The number of carbonyl (C=O) groups is 2. The predicted molar refractivity (Wildman–Crippen MR) is 168 cm³/mol. The number of rotatable bonds is 11. The summed E-state index contributed by atoms with van der Waals surface area (Å²) < 4.78 is 55.0. The molecule has 240 valence electrons. The van der Waals surface area contributed by atoms with Crippen LogP contribution in [0.3, 0.4) is 0 Å². The molecule has 11 heteroatoms. The highest BCUT2D eigenvalue weighted by Crippen LogP contribution is 2.34. The SMILES string of the molecule is O=C(CC(c1ccc(OCc2cccc(Sc3ccc(C(F)(F)F)cc3)c2)cc1)c1ccon1)N1C(=O)OCC1Cc1ccccc1. The molecule has 0 aliphatic carbocycles. The first kappa shape index (κ1) is 31.9. The van der Waals surface area contributed by atoms with Gasteiger partial charge in [0, 0.05) is 28.2 Å². The lowest BCUT2D eigenvalue weighted by molar-refractivity contribution is -0.137. The van der Waals surface area contributed by atoms with Crippen molar-refractivity contribution in [3.8, 4) is 5.75 Å². The number of nitrogens with zero attached hydrogens (tertiary/aromatic N) is 2. The fourth-order valence-corrected chi connectivity index (χ4v) is 6.28. The van der Waals surface area contributed by atoms with Crippen LogP contribution in [0.15, 0.2) is 130 Å². The summed E-state index contributed by atoms with van der Waals surface area (Å²) in [5, 5.41) is 4.08. The highest BCUT2D eigenvalue weighted by molar-refractivity contribution is 7.99. The maximum Gasteiger partial charge on any atom is 0.416 e. The molecule has 0 spiro atoms. The minimum absolute atomic E-state index is 0.0173. The zero-order valence-corrected chi connectivity index (χ0v) is 25.7. The summed E-state index contributed by atoms with van der Waals surface area (Å²) in [4.78, 5) is 28.9. The first-order valence-electron chi connectivity index (χ1n) is 14.8. The Labute approximate surface area is 273 Å². The van der Waals surface area contributed by atoms with Gasteiger partial charge in [-0.05, 0) is 71.6 Å². The van der Waals surface area contributed by atoms with Crippen molar-refractivity contribution in [3.05, 3.63) is 143 Å². The molecule has 1 saturated heterocycles. The molecular weight excluding hydrogens is 629 g/mol. The standard InChI is InChI=1S/C36H29F3N2O5S/c37-36(38,39)27-11-15-30(16-12-27)47-31-8-4-7-25(20-31)22-44-29-13-9-26(10-14-29)32(33-17-18-46-40-33)21-34(42)41-28(23-45-35(41)43)19-24-5-2-1-3-6-24/h1-18,20,28,32H,19,21-23H2. The average molecular weight is 659 g/mol. The van der Waals surface area contributed by atoms with Gasteiger partial charge in [-0.1, -0.05) is 71.5 Å². The van der Waals surface area contributed by atoms with Crippen molar-refractivity contribution < 1.29 is 36.8 Å². The molecule has 4 aromatic carbocycles. The summed E-state index contributed by atoms with van der Waals surface area (Å²) in [5.74, 6) is -0.235. The molecule has 2 heterocycles. The van der Waals surface area contributed by atoms with Crippen LogP contribution in [0.1, 0.15) is 40.3 Å². The van der Waals surface area contributed by atoms with Gasteiger partial charge in [-0.25, -0.2) is 9.69 Å². The van der Waals surface area contributed by atoms with Crippen LogP contribution in [-0.2, 0) is 28.7 Å². The van der Waals surface area contributed by atoms with Crippen LogP contribution in [0.5, 0.6) is 5.75 Å². The molecule has 1 fully saturated rings. The first-order valence-corrected chi connectivity index (χ1v) is 15.6. The third-order valence-electron chi connectivity index (χ3n) is 7.74. The van der Waals surface area contributed by atoms with Crippen LogP contribution in [0, 0.1) is 0 Å². The zero-order chi connectivity index (χ0) is 32.8. The van der Waals surface area contributed by atoms with Gasteiger partial charge in [-0.15, -0.1) is 0 Å². The van der Waals surface area contributed by atoms with E-state index in [0.717, 1.165) is 33.7 Å². The highest BCUT2D eigenvalue weighted by atomic mass is 32.2. The number of benzene rings is 4. The van der Waals surface area contributed by atoms with Gasteiger partial charge in [0.05, 0.1) is 17.3 Å². The number of ether oxygens (including phenoxy) is 2. The van der Waals surface area contributed by atoms with Crippen LogP contribution in [0.2, 0.25) is 0 Å². The molecule has 0 bridgehead atoms. The molecule has 1 aliphatic heterocycles. The molecule has 2 amide bonds. The molecule has 47 heavy (non-hydrogen) atoms. The Bertz CT molecular complexity index is 1800. The smallest absolute Gasteiger partial charge is 0.416 e. The van der Waals surface area contributed by atoms with E-state index in [-0.39, 0.29) is 25.5 Å². The first-order chi connectivity index (χ1) is 22.7. The number of halogens is 3. The van der Waals surface area contributed by atoms with Gasteiger partial charge in [0.15, 0.2) is 0 Å². The van der Waals surface area contributed by atoms with Crippen molar-refractivity contribution >= 4 is 23.8 Å². The second kappa shape index (κ2) is 14.2. The number of cyclic esters (lactones) is 1. The number of amides is 2. The van der Waals surface area contributed by atoms with E-state index in [0.29, 0.717) is 22.8 Å². The van der Waals surface area contributed by atoms with Crippen LogP contribution < -0.4 is 4.74 Å². The number of hydrogen-bond donors (Lipinski definition) is 0. The summed E-state index contributed by atoms with van der Waals surface area (Å²) in [6.45, 7) is 0.405. The lowest BCUT2D eigenvalue weighted by Crippen LogP contribution is -2.40. The van der Waals surface area contributed by atoms with E-state index >= 15 is 0 Å². The van der Waals surface area contributed by atoms with Gasteiger partial charge in [0.2, 0.25) is 5.91 Å². The van der Waals surface area contributed by atoms with Crippen molar-refractivity contribution in [2.45, 2.75) is 47.4 Å². The van der Waals surface area contributed by atoms with E-state index in [9.17, 15) is 22.8 Å². The van der Waals surface area contributed by atoms with Crippen molar-refractivity contribution in [2.75, 3.05) is 6.61 Å². The summed E-state index contributed by atoms with van der Waals surface area (Å²) in [7, 11) is 0. The Morgan fingerprint density at radius 3 is 2.36 bits per heavy atom. The topological polar surface area (TPSA) is 81.9 Å². The van der Waals surface area contributed by atoms with Crippen LogP contribution in [-0.4, -0.2) is 34.7 Å². The van der Waals surface area contributed by atoms with Crippen molar-refractivity contribution in [2.24, 2.45) is 0 Å². The number of aromatic nitrogens is 1. The Morgan fingerprint density at radius 1 is 0.915 bits per heavy atom. The lowest BCUT2D eigenvalue weighted by Gasteiger charge is -2.22. The Balaban J connectivity index is 1.10. The summed E-state index contributed by atoms with van der Waals surface area (Å²) >= 11 is 1.36. The summed E-state index contributed by atoms with van der Waals surface area (Å²) in [5.41, 5.74) is 2.56. The van der Waals surface area contributed by atoms with Crippen LogP contribution in [0.25, 0.3) is 0 Å². The second-order valence-electron chi connectivity index (χ2n) is 11.0. The molecule has 2 atom stereocenters. The molecule has 1 aliphatic rings. The van der Waals surface area contributed by atoms with Gasteiger partial charge in [0.1, 0.15) is 25.2 Å². The fourth-order valence-electron chi connectivity index (χ4n) is 5.38. The number of hydrogen-bond acceptors (Lipinski definition) is 7. The van der Waals surface area contributed by atoms with Crippen molar-refractivity contribution in [1.29, 1.82) is 0 Å². The van der Waals surface area contributed by atoms with Gasteiger partial charge in [-0.2, -0.15) is 13.2 Å². The maximum atomic E-state index is 13.6. The molecule has 7 nitrogen and oxygen atoms in total. The third kappa shape index (κ3) is 8.04. The van der Waals surface area contributed by atoms with E-state index < -0.39 is 29.8 Å². The molecule has 1 aromatic heterocycles. The van der Waals surface area contributed by atoms with Gasteiger partial charge in [-0.3, -0.25) is 4.79 Å². The maximum absolute atomic E-state index is 13.6. The minimum Gasteiger partial charge on any atom is -0.489 e. The minimum atomic E-state index is -4.37. The summed E-state index contributed by atoms with van der Waals surface area (Å²) in [6.07, 6.45) is -3.11. The van der Waals surface area contributed by atoms with Crippen LogP contribution in [0.4, 0.5) is 18.0 Å². The zero-order valence-electron chi connectivity index (χ0n) is 24.9. The number of alkyl halides is 3. The van der Waals surface area contributed by atoms with Crippen molar-refractivity contribution in [3.63, 3.8) is 0 Å². The molecule has 5 aromatic rings. The molecule has 0 N–H and O–H groups in total. The Kier molecular flexibility index (Phi) is 9.63. The summed E-state index contributed by atoms with van der Waals surface area (Å²) in [6, 6.07) is 30.9. The van der Waals surface area contributed by atoms with E-state index in [2.05, 4.69) is 5.16 Å². The molecular formula is C36H29F3N2O5S.